The molecule has 2 amide bonds. The van der Waals surface area contributed by atoms with E-state index in [2.05, 4.69) is 5.32 Å². The van der Waals surface area contributed by atoms with Crippen molar-refractivity contribution in [3.05, 3.63) is 64.0 Å². The highest BCUT2D eigenvalue weighted by molar-refractivity contribution is 8.26. The number of primary sulfonamides is 1. The SMILES string of the molecule is CC(C(=O)Nc1ccc(S(N)(=O)=O)cc1)N1C(=O)/C(=C/c2ccc(Cl)cc2)SC1=S. The van der Waals surface area contributed by atoms with E-state index in [9.17, 15) is 18.0 Å². The Kier molecular flexibility index (Phi) is 6.63. The van der Waals surface area contributed by atoms with Gasteiger partial charge in [0.1, 0.15) is 10.4 Å². The molecule has 1 atom stereocenters. The third kappa shape index (κ3) is 5.08. The number of anilines is 1. The number of halogens is 1. The third-order valence-corrected chi connectivity index (χ3v) is 6.72. The standard InChI is InChI=1S/C19H16ClN3O4S3/c1-11(17(24)22-14-6-8-15(9-7-14)30(21,26)27)23-18(25)16(29-19(23)28)10-12-2-4-13(20)5-3-12/h2-11H,1H3,(H,22,24)(H2,21,26,27)/b16-10-. The molecule has 11 heteroatoms. The van der Waals surface area contributed by atoms with Crippen LogP contribution >= 0.6 is 35.6 Å². The number of benzene rings is 2. The molecule has 7 nitrogen and oxygen atoms in total. The number of carbonyl (C=O) groups excluding carboxylic acids is 2. The third-order valence-electron chi connectivity index (χ3n) is 4.21. The lowest BCUT2D eigenvalue weighted by atomic mass is 10.2. The largest absolute Gasteiger partial charge is 0.324 e. The molecule has 1 heterocycles. The molecule has 1 fully saturated rings. The van der Waals surface area contributed by atoms with Crippen molar-refractivity contribution < 1.29 is 18.0 Å². The van der Waals surface area contributed by atoms with Crippen LogP contribution in [0.1, 0.15) is 12.5 Å². The Labute approximate surface area is 188 Å². The first-order chi connectivity index (χ1) is 14.1. The zero-order valence-electron chi connectivity index (χ0n) is 15.5. The number of hydrogen-bond acceptors (Lipinski definition) is 6. The van der Waals surface area contributed by atoms with Gasteiger partial charge in [0.15, 0.2) is 0 Å². The molecule has 2 aromatic rings. The van der Waals surface area contributed by atoms with Crippen LogP contribution in [0.4, 0.5) is 5.69 Å². The van der Waals surface area contributed by atoms with Crippen LogP contribution in [-0.2, 0) is 19.6 Å². The van der Waals surface area contributed by atoms with Crippen molar-refractivity contribution in [2.45, 2.75) is 17.9 Å². The molecule has 0 saturated carbocycles. The van der Waals surface area contributed by atoms with Crippen molar-refractivity contribution in [1.82, 2.24) is 4.90 Å². The summed E-state index contributed by atoms with van der Waals surface area (Å²) in [6.07, 6.45) is 1.69. The van der Waals surface area contributed by atoms with Gasteiger partial charge in [-0.2, -0.15) is 0 Å². The smallest absolute Gasteiger partial charge is 0.266 e. The number of amides is 2. The second-order valence-electron chi connectivity index (χ2n) is 6.34. The lowest BCUT2D eigenvalue weighted by Gasteiger charge is -2.22. The molecule has 1 aliphatic rings. The summed E-state index contributed by atoms with van der Waals surface area (Å²) < 4.78 is 22.9. The van der Waals surface area contributed by atoms with Gasteiger partial charge in [0.25, 0.3) is 5.91 Å². The number of thioether (sulfide) groups is 1. The summed E-state index contributed by atoms with van der Waals surface area (Å²) in [4.78, 5) is 27.0. The maximum atomic E-state index is 12.8. The molecule has 3 N–H and O–H groups in total. The summed E-state index contributed by atoms with van der Waals surface area (Å²) in [5.74, 6) is -0.838. The van der Waals surface area contributed by atoms with Gasteiger partial charge >= 0.3 is 0 Å². The van der Waals surface area contributed by atoms with E-state index in [1.807, 2.05) is 0 Å². The minimum atomic E-state index is -3.83. The average molecular weight is 482 g/mol. The molecule has 1 aliphatic heterocycles. The Balaban J connectivity index is 1.73. The number of thiocarbonyl (C=S) groups is 1. The maximum Gasteiger partial charge on any atom is 0.266 e. The van der Waals surface area contributed by atoms with Gasteiger partial charge in [-0.25, -0.2) is 13.6 Å². The van der Waals surface area contributed by atoms with Crippen LogP contribution in [0.3, 0.4) is 0 Å². The molecule has 0 aromatic heterocycles. The lowest BCUT2D eigenvalue weighted by molar-refractivity contribution is -0.129. The first-order valence-electron chi connectivity index (χ1n) is 8.52. The van der Waals surface area contributed by atoms with E-state index in [0.717, 1.165) is 17.3 Å². The Morgan fingerprint density at radius 3 is 2.37 bits per heavy atom. The fourth-order valence-corrected chi connectivity index (χ4v) is 4.68. The first-order valence-corrected chi connectivity index (χ1v) is 11.7. The van der Waals surface area contributed by atoms with Gasteiger partial charge in [-0.05, 0) is 55.0 Å². The predicted octanol–water partition coefficient (Wildman–Crippen LogP) is 3.22. The summed E-state index contributed by atoms with van der Waals surface area (Å²) in [6.45, 7) is 1.56. The topological polar surface area (TPSA) is 110 Å². The van der Waals surface area contributed by atoms with Gasteiger partial charge in [-0.15, -0.1) is 0 Å². The number of rotatable bonds is 5. The van der Waals surface area contributed by atoms with Crippen LogP contribution < -0.4 is 10.5 Å². The zero-order valence-corrected chi connectivity index (χ0v) is 18.7. The highest BCUT2D eigenvalue weighted by Crippen LogP contribution is 2.34. The van der Waals surface area contributed by atoms with Crippen LogP contribution in [0, 0.1) is 0 Å². The van der Waals surface area contributed by atoms with E-state index in [4.69, 9.17) is 29.0 Å². The molecule has 3 rings (SSSR count). The van der Waals surface area contributed by atoms with E-state index >= 15 is 0 Å². The van der Waals surface area contributed by atoms with Crippen LogP contribution in [0.5, 0.6) is 0 Å². The van der Waals surface area contributed by atoms with Crippen LogP contribution in [0.25, 0.3) is 6.08 Å². The minimum absolute atomic E-state index is 0.0715. The molecule has 1 saturated heterocycles. The molecular formula is C19H16ClN3O4S3. The van der Waals surface area contributed by atoms with E-state index in [0.29, 0.717) is 15.6 Å². The van der Waals surface area contributed by atoms with Crippen LogP contribution in [0.2, 0.25) is 5.02 Å². The quantitative estimate of drug-likeness (QED) is 0.501. The molecule has 0 spiro atoms. The summed E-state index contributed by atoms with van der Waals surface area (Å²) in [5, 5.41) is 8.28. The molecular weight excluding hydrogens is 466 g/mol. The predicted molar refractivity (Wildman–Crippen MR) is 122 cm³/mol. The first kappa shape index (κ1) is 22.4. The van der Waals surface area contributed by atoms with Crippen molar-refractivity contribution in [3.8, 4) is 0 Å². The zero-order chi connectivity index (χ0) is 22.1. The fraction of sp³-hybridized carbons (Fsp3) is 0.105. The van der Waals surface area contributed by atoms with Gasteiger partial charge < -0.3 is 5.32 Å². The van der Waals surface area contributed by atoms with Crippen molar-refractivity contribution in [1.29, 1.82) is 0 Å². The van der Waals surface area contributed by atoms with Crippen LogP contribution in [0.15, 0.2) is 58.3 Å². The van der Waals surface area contributed by atoms with Crippen molar-refractivity contribution in [3.63, 3.8) is 0 Å². The maximum absolute atomic E-state index is 12.8. The highest BCUT2D eigenvalue weighted by atomic mass is 35.5. The second-order valence-corrected chi connectivity index (χ2v) is 10.0. The molecule has 0 aliphatic carbocycles. The molecule has 2 aromatic carbocycles. The number of sulfonamides is 1. The van der Waals surface area contributed by atoms with Crippen molar-refractivity contribution >= 4 is 73.5 Å². The number of nitrogens with zero attached hydrogens (tertiary/aromatic N) is 1. The Morgan fingerprint density at radius 2 is 1.80 bits per heavy atom. The number of nitrogens with one attached hydrogen (secondary N) is 1. The molecule has 0 radical (unpaired) electrons. The Bertz CT molecular complexity index is 1150. The fourth-order valence-electron chi connectivity index (χ4n) is 2.62. The second kappa shape index (κ2) is 8.86. The number of hydrogen-bond donors (Lipinski definition) is 2. The average Bonchev–Trinajstić information content (AvgIpc) is 2.96. The van der Waals surface area contributed by atoms with Gasteiger partial charge in [0.05, 0.1) is 9.80 Å². The van der Waals surface area contributed by atoms with Gasteiger partial charge in [-0.3, -0.25) is 14.5 Å². The lowest BCUT2D eigenvalue weighted by Crippen LogP contribution is -2.44. The van der Waals surface area contributed by atoms with Crippen LogP contribution in [-0.4, -0.2) is 35.5 Å². The monoisotopic (exact) mass is 481 g/mol. The summed E-state index contributed by atoms with van der Waals surface area (Å²) in [6, 6.07) is 11.5. The molecule has 156 valence electrons. The summed E-state index contributed by atoms with van der Waals surface area (Å²) >= 11 is 12.3. The van der Waals surface area contributed by atoms with E-state index < -0.39 is 22.0 Å². The van der Waals surface area contributed by atoms with E-state index in [-0.39, 0.29) is 15.1 Å². The number of nitrogens with two attached hydrogens (primary N) is 1. The van der Waals surface area contributed by atoms with Gasteiger partial charge in [-0.1, -0.05) is 47.7 Å². The molecule has 0 bridgehead atoms. The Morgan fingerprint density at radius 1 is 1.20 bits per heavy atom. The van der Waals surface area contributed by atoms with E-state index in [1.165, 1.54) is 29.2 Å². The molecule has 1 unspecified atom stereocenters. The number of carbonyl (C=O) groups is 2. The van der Waals surface area contributed by atoms with Gasteiger partial charge in [0.2, 0.25) is 15.9 Å². The highest BCUT2D eigenvalue weighted by Gasteiger charge is 2.38. The van der Waals surface area contributed by atoms with Gasteiger partial charge in [0, 0.05) is 10.7 Å². The molecule has 30 heavy (non-hydrogen) atoms. The summed E-state index contributed by atoms with van der Waals surface area (Å²) in [5.41, 5.74) is 1.15. The minimum Gasteiger partial charge on any atom is -0.324 e. The Hall–Kier alpha value is -2.24. The normalized spacial score (nSPS) is 16.8. The van der Waals surface area contributed by atoms with Crippen molar-refractivity contribution in [2.75, 3.05) is 5.32 Å². The van der Waals surface area contributed by atoms with Crippen molar-refractivity contribution in [2.24, 2.45) is 5.14 Å². The summed E-state index contributed by atoms with van der Waals surface area (Å²) in [7, 11) is -3.83. The van der Waals surface area contributed by atoms with E-state index in [1.54, 1.807) is 37.3 Å².